The van der Waals surface area contributed by atoms with Gasteiger partial charge in [-0.05, 0) is 70.7 Å². The third-order valence-corrected chi connectivity index (χ3v) is 5.75. The minimum absolute atomic E-state index is 0.549. The summed E-state index contributed by atoms with van der Waals surface area (Å²) in [6, 6.07) is 17.6. The molecule has 0 aromatic heterocycles. The molecule has 0 bridgehead atoms. The van der Waals surface area contributed by atoms with Gasteiger partial charge < -0.3 is 0 Å². The van der Waals surface area contributed by atoms with E-state index in [4.69, 9.17) is 0 Å². The van der Waals surface area contributed by atoms with Gasteiger partial charge in [0.2, 0.25) is 0 Å². The number of allylic oxidation sites excluding steroid dienone is 4. The first-order chi connectivity index (χ1) is 14.8. The standard InChI is InChI=1S/C29H38N2/c1-23(2)14-17-29(22-30,28-13-9-11-26-10-7-8-12-27(26)28)18-21-31(19-15-24(3)4)20-16-25(5)6/h7-16H,17-21H2,1-6H3. The zero-order valence-corrected chi connectivity index (χ0v) is 20.2. The lowest BCUT2D eigenvalue weighted by molar-refractivity contribution is 0.300. The maximum atomic E-state index is 10.5. The Morgan fingerprint density at radius 3 is 2.00 bits per heavy atom. The highest BCUT2D eigenvalue weighted by Crippen LogP contribution is 2.37. The molecule has 2 aromatic carbocycles. The van der Waals surface area contributed by atoms with Gasteiger partial charge in [0.05, 0.1) is 11.5 Å². The lowest BCUT2D eigenvalue weighted by atomic mass is 9.74. The van der Waals surface area contributed by atoms with Crippen LogP contribution in [0.15, 0.2) is 77.4 Å². The van der Waals surface area contributed by atoms with E-state index in [1.54, 1.807) is 0 Å². The molecule has 0 aliphatic rings. The molecule has 2 nitrogen and oxygen atoms in total. The number of nitriles is 1. The van der Waals surface area contributed by atoms with Gasteiger partial charge in [0.1, 0.15) is 0 Å². The van der Waals surface area contributed by atoms with Gasteiger partial charge in [0.25, 0.3) is 0 Å². The smallest absolute Gasteiger partial charge is 0.0874 e. The van der Waals surface area contributed by atoms with Crippen molar-refractivity contribution in [2.75, 3.05) is 19.6 Å². The molecule has 0 N–H and O–H groups in total. The number of hydrogen-bond acceptors (Lipinski definition) is 2. The van der Waals surface area contributed by atoms with E-state index in [2.05, 4.69) is 113 Å². The lowest BCUT2D eigenvalue weighted by Gasteiger charge is -2.31. The summed E-state index contributed by atoms with van der Waals surface area (Å²) in [5, 5.41) is 12.9. The quantitative estimate of drug-likeness (QED) is 0.375. The maximum Gasteiger partial charge on any atom is 0.0874 e. The van der Waals surface area contributed by atoms with Crippen LogP contribution in [0.25, 0.3) is 10.8 Å². The van der Waals surface area contributed by atoms with Crippen LogP contribution in [0.2, 0.25) is 0 Å². The molecule has 0 aliphatic heterocycles. The van der Waals surface area contributed by atoms with Gasteiger partial charge in [0, 0.05) is 19.6 Å². The van der Waals surface area contributed by atoms with E-state index in [1.807, 2.05) is 0 Å². The van der Waals surface area contributed by atoms with Gasteiger partial charge in [-0.1, -0.05) is 77.4 Å². The van der Waals surface area contributed by atoms with Crippen molar-refractivity contribution in [2.45, 2.75) is 59.8 Å². The van der Waals surface area contributed by atoms with Crippen molar-refractivity contribution in [3.8, 4) is 6.07 Å². The van der Waals surface area contributed by atoms with Gasteiger partial charge >= 0.3 is 0 Å². The second-order valence-electron chi connectivity index (χ2n) is 9.28. The Hall–Kier alpha value is -2.63. The number of nitrogens with zero attached hydrogens (tertiary/aromatic N) is 2. The Kier molecular flexibility index (Phi) is 9.28. The number of rotatable bonds is 10. The van der Waals surface area contributed by atoms with Crippen molar-refractivity contribution in [1.82, 2.24) is 4.90 Å². The highest BCUT2D eigenvalue weighted by atomic mass is 15.1. The summed E-state index contributed by atoms with van der Waals surface area (Å²) in [5.74, 6) is 0. The molecular weight excluding hydrogens is 376 g/mol. The van der Waals surface area contributed by atoms with Crippen LogP contribution >= 0.6 is 0 Å². The molecular formula is C29H38N2. The zero-order valence-electron chi connectivity index (χ0n) is 20.2. The van der Waals surface area contributed by atoms with Crippen molar-refractivity contribution >= 4 is 10.8 Å². The topological polar surface area (TPSA) is 27.0 Å². The van der Waals surface area contributed by atoms with Crippen molar-refractivity contribution in [1.29, 1.82) is 5.26 Å². The van der Waals surface area contributed by atoms with Gasteiger partial charge in [-0.15, -0.1) is 0 Å². The van der Waals surface area contributed by atoms with Crippen LogP contribution in [0.1, 0.15) is 59.9 Å². The molecule has 1 unspecified atom stereocenters. The van der Waals surface area contributed by atoms with Crippen molar-refractivity contribution in [2.24, 2.45) is 0 Å². The SMILES string of the molecule is CC(C)=CCN(CC=C(C)C)CCC(C#N)(CC=C(C)C)c1cccc2ccccc12. The molecule has 2 heteroatoms. The third kappa shape index (κ3) is 7.23. The molecule has 2 rings (SSSR count). The Labute approximate surface area is 189 Å². The second kappa shape index (κ2) is 11.7. The first kappa shape index (κ1) is 24.6. The molecule has 31 heavy (non-hydrogen) atoms. The van der Waals surface area contributed by atoms with Gasteiger partial charge in [-0.3, -0.25) is 4.90 Å². The molecule has 0 amide bonds. The fraction of sp³-hybridized carbons (Fsp3) is 0.414. The first-order valence-electron chi connectivity index (χ1n) is 11.3. The van der Waals surface area contributed by atoms with Crippen LogP contribution in [-0.4, -0.2) is 24.5 Å². The molecule has 164 valence electrons. The summed E-state index contributed by atoms with van der Waals surface area (Å²) in [7, 11) is 0. The average molecular weight is 415 g/mol. The number of fused-ring (bicyclic) bond motifs is 1. The van der Waals surface area contributed by atoms with Gasteiger partial charge in [0.15, 0.2) is 0 Å². The van der Waals surface area contributed by atoms with E-state index in [0.717, 1.165) is 38.0 Å². The number of benzene rings is 2. The predicted octanol–water partition coefficient (Wildman–Crippen LogP) is 7.58. The molecule has 0 saturated heterocycles. The summed E-state index contributed by atoms with van der Waals surface area (Å²) in [4.78, 5) is 2.44. The normalized spacial score (nSPS) is 12.7. The zero-order chi connectivity index (χ0) is 22.9. The van der Waals surface area contributed by atoms with E-state index in [1.165, 1.54) is 27.5 Å². The van der Waals surface area contributed by atoms with E-state index >= 15 is 0 Å². The minimum atomic E-state index is -0.549. The van der Waals surface area contributed by atoms with Crippen molar-refractivity contribution < 1.29 is 0 Å². The molecule has 0 radical (unpaired) electrons. The summed E-state index contributed by atoms with van der Waals surface area (Å²) in [6.45, 7) is 15.5. The number of hydrogen-bond donors (Lipinski definition) is 0. The molecule has 2 aromatic rings. The molecule has 0 saturated carbocycles. The van der Waals surface area contributed by atoms with Crippen molar-refractivity contribution in [3.05, 3.63) is 83.0 Å². The van der Waals surface area contributed by atoms with Crippen LogP contribution in [-0.2, 0) is 5.41 Å². The monoisotopic (exact) mass is 414 g/mol. The summed E-state index contributed by atoms with van der Waals surface area (Å²) in [5.41, 5.74) is 4.51. The van der Waals surface area contributed by atoms with E-state index in [0.29, 0.717) is 0 Å². The average Bonchev–Trinajstić information content (AvgIpc) is 2.74. The Bertz CT molecular complexity index is 966. The highest BCUT2D eigenvalue weighted by Gasteiger charge is 2.33. The molecule has 0 heterocycles. The minimum Gasteiger partial charge on any atom is -0.296 e. The Balaban J connectivity index is 2.45. The summed E-state index contributed by atoms with van der Waals surface area (Å²) >= 11 is 0. The Morgan fingerprint density at radius 1 is 0.839 bits per heavy atom. The molecule has 0 spiro atoms. The highest BCUT2D eigenvalue weighted by molar-refractivity contribution is 5.87. The summed E-state index contributed by atoms with van der Waals surface area (Å²) < 4.78 is 0. The molecule has 0 fully saturated rings. The Morgan fingerprint density at radius 2 is 1.42 bits per heavy atom. The van der Waals surface area contributed by atoms with Crippen molar-refractivity contribution in [3.63, 3.8) is 0 Å². The van der Waals surface area contributed by atoms with Gasteiger partial charge in [-0.2, -0.15) is 5.26 Å². The first-order valence-corrected chi connectivity index (χ1v) is 11.3. The molecule has 0 aliphatic carbocycles. The fourth-order valence-electron chi connectivity index (χ4n) is 3.76. The summed E-state index contributed by atoms with van der Waals surface area (Å²) in [6.07, 6.45) is 8.32. The second-order valence-corrected chi connectivity index (χ2v) is 9.28. The van der Waals surface area contributed by atoms with Crippen LogP contribution in [0, 0.1) is 11.3 Å². The lowest BCUT2D eigenvalue weighted by Crippen LogP contribution is -2.33. The maximum absolute atomic E-state index is 10.5. The third-order valence-electron chi connectivity index (χ3n) is 5.75. The van der Waals surface area contributed by atoms with Crippen LogP contribution in [0.5, 0.6) is 0 Å². The predicted molar refractivity (Wildman–Crippen MR) is 135 cm³/mol. The van der Waals surface area contributed by atoms with E-state index < -0.39 is 5.41 Å². The van der Waals surface area contributed by atoms with Crippen LogP contribution in [0.3, 0.4) is 0 Å². The molecule has 1 atom stereocenters. The van der Waals surface area contributed by atoms with E-state index in [9.17, 15) is 5.26 Å². The fourth-order valence-corrected chi connectivity index (χ4v) is 3.76. The van der Waals surface area contributed by atoms with Crippen LogP contribution < -0.4 is 0 Å². The van der Waals surface area contributed by atoms with E-state index in [-0.39, 0.29) is 0 Å². The van der Waals surface area contributed by atoms with Crippen LogP contribution in [0.4, 0.5) is 0 Å². The largest absolute Gasteiger partial charge is 0.296 e. The van der Waals surface area contributed by atoms with Gasteiger partial charge in [-0.25, -0.2) is 0 Å².